The van der Waals surface area contributed by atoms with E-state index in [9.17, 15) is 9.59 Å². The van der Waals surface area contributed by atoms with Crippen molar-refractivity contribution in [3.63, 3.8) is 0 Å². The van der Waals surface area contributed by atoms with Crippen LogP contribution in [0.4, 0.5) is 11.6 Å². The first-order valence-corrected chi connectivity index (χ1v) is 8.87. The number of piperazine rings is 1. The highest BCUT2D eigenvalue weighted by molar-refractivity contribution is 5.88. The van der Waals surface area contributed by atoms with Gasteiger partial charge in [0.2, 0.25) is 5.95 Å². The minimum absolute atomic E-state index is 0.113. The lowest BCUT2D eigenvalue weighted by molar-refractivity contribution is 0.0523. The van der Waals surface area contributed by atoms with Crippen LogP contribution < -0.4 is 15.4 Å². The maximum absolute atomic E-state index is 12.5. The van der Waals surface area contributed by atoms with E-state index >= 15 is 0 Å². The lowest BCUT2D eigenvalue weighted by atomic mass is 10.2. The van der Waals surface area contributed by atoms with E-state index in [4.69, 9.17) is 4.74 Å². The number of H-pyrrole nitrogens is 1. The van der Waals surface area contributed by atoms with Gasteiger partial charge in [-0.1, -0.05) is 18.2 Å². The first kappa shape index (κ1) is 17.1. The summed E-state index contributed by atoms with van der Waals surface area (Å²) in [7, 11) is 0. The number of rotatable bonds is 4. The van der Waals surface area contributed by atoms with Gasteiger partial charge in [0.25, 0.3) is 11.3 Å². The standard InChI is InChI=1S/C18H20N6O3/c1-2-27-16(26)14-12-19-17-20-18(21-24(17)15(14)25)23-10-8-22(9-11-23)13-6-4-3-5-7-13/h3-7,12H,2,8-11H2,1H3,(H,19,20,21). The van der Waals surface area contributed by atoms with Crippen molar-refractivity contribution in [2.24, 2.45) is 0 Å². The molecule has 9 nitrogen and oxygen atoms in total. The molecule has 1 aliphatic rings. The minimum atomic E-state index is -0.683. The fraction of sp³-hybridized carbons (Fsp3) is 0.333. The number of nitrogens with zero attached hydrogens (tertiary/aromatic N) is 5. The molecule has 1 saturated heterocycles. The predicted octanol–water partition coefficient (Wildman–Crippen LogP) is 0.921. The van der Waals surface area contributed by atoms with E-state index in [2.05, 4.69) is 37.0 Å². The Kier molecular flexibility index (Phi) is 4.49. The van der Waals surface area contributed by atoms with Gasteiger partial charge in [-0.15, -0.1) is 0 Å². The van der Waals surface area contributed by atoms with Crippen LogP contribution >= 0.6 is 0 Å². The lowest BCUT2D eigenvalue weighted by Gasteiger charge is -2.35. The van der Waals surface area contributed by atoms with Gasteiger partial charge in [0.15, 0.2) is 0 Å². The highest BCUT2D eigenvalue weighted by atomic mass is 16.5. The van der Waals surface area contributed by atoms with E-state index in [0.717, 1.165) is 26.2 Å². The zero-order valence-electron chi connectivity index (χ0n) is 15.0. The van der Waals surface area contributed by atoms with Crippen molar-refractivity contribution < 1.29 is 9.53 Å². The fourth-order valence-electron chi connectivity index (χ4n) is 3.15. The number of fused-ring (bicyclic) bond motifs is 1. The van der Waals surface area contributed by atoms with Crippen LogP contribution in [0.25, 0.3) is 5.78 Å². The molecule has 1 aliphatic heterocycles. The summed E-state index contributed by atoms with van der Waals surface area (Å²) in [6.45, 7) is 5.09. The van der Waals surface area contributed by atoms with Crippen LogP contribution in [0.5, 0.6) is 0 Å². The summed E-state index contributed by atoms with van der Waals surface area (Å²) in [6, 6.07) is 10.2. The van der Waals surface area contributed by atoms with E-state index in [1.54, 1.807) is 6.92 Å². The van der Waals surface area contributed by atoms with Crippen LogP contribution in [0, 0.1) is 0 Å². The van der Waals surface area contributed by atoms with Crippen molar-refractivity contribution >= 4 is 23.4 Å². The van der Waals surface area contributed by atoms with E-state index in [1.165, 1.54) is 16.4 Å². The molecule has 9 heteroatoms. The number of aromatic nitrogens is 4. The SMILES string of the molecule is CCOC(=O)c1cnc2nc(N3CCN(c4ccccc4)CC3)[nH]n2c1=O. The Hall–Kier alpha value is -3.36. The van der Waals surface area contributed by atoms with Gasteiger partial charge >= 0.3 is 5.97 Å². The Labute approximate surface area is 155 Å². The topological polar surface area (TPSA) is 95.8 Å². The molecule has 27 heavy (non-hydrogen) atoms. The van der Waals surface area contributed by atoms with E-state index in [-0.39, 0.29) is 17.9 Å². The largest absolute Gasteiger partial charge is 0.462 e. The van der Waals surface area contributed by atoms with Crippen molar-refractivity contribution in [3.05, 3.63) is 52.4 Å². The van der Waals surface area contributed by atoms with E-state index < -0.39 is 11.5 Å². The van der Waals surface area contributed by atoms with Gasteiger partial charge in [-0.25, -0.2) is 9.78 Å². The number of ether oxygens (including phenoxy) is 1. The van der Waals surface area contributed by atoms with E-state index in [1.807, 2.05) is 18.2 Å². The zero-order chi connectivity index (χ0) is 18.8. The van der Waals surface area contributed by atoms with Gasteiger partial charge in [-0.05, 0) is 19.1 Å². The first-order valence-electron chi connectivity index (χ1n) is 8.87. The summed E-state index contributed by atoms with van der Waals surface area (Å²) in [5.41, 5.74) is 0.567. The molecule has 1 fully saturated rings. The Morgan fingerprint density at radius 1 is 1.15 bits per heavy atom. The molecule has 0 atom stereocenters. The first-order chi connectivity index (χ1) is 13.2. The van der Waals surface area contributed by atoms with Crippen LogP contribution in [0.2, 0.25) is 0 Å². The number of hydrogen-bond donors (Lipinski definition) is 1. The fourth-order valence-corrected chi connectivity index (χ4v) is 3.15. The summed E-state index contributed by atoms with van der Waals surface area (Å²) in [4.78, 5) is 37.2. The average molecular weight is 368 g/mol. The number of para-hydroxylation sites is 1. The Morgan fingerprint density at radius 2 is 1.85 bits per heavy atom. The van der Waals surface area contributed by atoms with Gasteiger partial charge in [0.05, 0.1) is 12.8 Å². The smallest absolute Gasteiger partial charge is 0.345 e. The van der Waals surface area contributed by atoms with Crippen LogP contribution in [-0.2, 0) is 4.74 Å². The third kappa shape index (κ3) is 3.23. The molecule has 2 aromatic heterocycles. The molecule has 0 unspecified atom stereocenters. The normalized spacial score (nSPS) is 14.6. The van der Waals surface area contributed by atoms with Gasteiger partial charge in [-0.2, -0.15) is 9.50 Å². The number of anilines is 2. The summed E-state index contributed by atoms with van der Waals surface area (Å²) in [5.74, 6) is 0.110. The predicted molar refractivity (Wildman–Crippen MR) is 100 cm³/mol. The van der Waals surface area contributed by atoms with E-state index in [0.29, 0.717) is 5.95 Å². The highest BCUT2D eigenvalue weighted by Crippen LogP contribution is 2.18. The third-order valence-electron chi connectivity index (χ3n) is 4.56. The number of carbonyl (C=O) groups is 1. The van der Waals surface area contributed by atoms with Crippen molar-refractivity contribution in [3.8, 4) is 0 Å². The molecule has 0 radical (unpaired) electrons. The molecule has 0 amide bonds. The molecule has 0 saturated carbocycles. The highest BCUT2D eigenvalue weighted by Gasteiger charge is 2.22. The monoisotopic (exact) mass is 368 g/mol. The molecule has 1 N–H and O–H groups in total. The number of benzene rings is 1. The number of nitrogens with one attached hydrogen (secondary N) is 1. The molecule has 0 spiro atoms. The number of aromatic amines is 1. The van der Waals surface area contributed by atoms with Gasteiger partial charge in [0, 0.05) is 31.9 Å². The van der Waals surface area contributed by atoms with Crippen LogP contribution in [0.3, 0.4) is 0 Å². The van der Waals surface area contributed by atoms with Gasteiger partial charge in [-0.3, -0.25) is 9.89 Å². The number of esters is 1. The van der Waals surface area contributed by atoms with Crippen LogP contribution in [0.1, 0.15) is 17.3 Å². The zero-order valence-corrected chi connectivity index (χ0v) is 15.0. The summed E-state index contributed by atoms with van der Waals surface area (Å²) < 4.78 is 6.08. The number of carbonyl (C=O) groups excluding carboxylic acids is 1. The lowest BCUT2D eigenvalue weighted by Crippen LogP contribution is -2.47. The second-order valence-corrected chi connectivity index (χ2v) is 6.19. The second-order valence-electron chi connectivity index (χ2n) is 6.19. The molecular weight excluding hydrogens is 348 g/mol. The molecule has 3 aromatic rings. The number of hydrogen-bond acceptors (Lipinski definition) is 7. The van der Waals surface area contributed by atoms with Gasteiger partial charge in [0.1, 0.15) is 5.56 Å². The van der Waals surface area contributed by atoms with Crippen molar-refractivity contribution in [1.82, 2.24) is 19.6 Å². The molecule has 140 valence electrons. The maximum atomic E-state index is 12.5. The third-order valence-corrected chi connectivity index (χ3v) is 4.56. The second kappa shape index (κ2) is 7.10. The van der Waals surface area contributed by atoms with Crippen LogP contribution in [0.15, 0.2) is 41.3 Å². The minimum Gasteiger partial charge on any atom is -0.462 e. The van der Waals surface area contributed by atoms with Crippen molar-refractivity contribution in [1.29, 1.82) is 0 Å². The van der Waals surface area contributed by atoms with Crippen molar-refractivity contribution in [2.75, 3.05) is 42.6 Å². The summed E-state index contributed by atoms with van der Waals surface area (Å²) in [5, 5.41) is 2.96. The molecule has 1 aromatic carbocycles. The summed E-state index contributed by atoms with van der Waals surface area (Å²) >= 11 is 0. The molecule has 0 bridgehead atoms. The Morgan fingerprint density at radius 3 is 2.56 bits per heavy atom. The molecule has 4 rings (SSSR count). The molecule has 0 aliphatic carbocycles. The average Bonchev–Trinajstić information content (AvgIpc) is 3.14. The Balaban J connectivity index is 1.54. The quantitative estimate of drug-likeness (QED) is 0.684. The van der Waals surface area contributed by atoms with Crippen molar-refractivity contribution in [2.45, 2.75) is 6.92 Å². The van der Waals surface area contributed by atoms with Gasteiger partial charge < -0.3 is 14.5 Å². The maximum Gasteiger partial charge on any atom is 0.345 e. The van der Waals surface area contributed by atoms with Crippen LogP contribution in [-0.4, -0.2) is 58.3 Å². The Bertz CT molecular complexity index is 1000. The molecule has 3 heterocycles. The molecular formula is C18H20N6O3. The summed E-state index contributed by atoms with van der Waals surface area (Å²) in [6.07, 6.45) is 1.22.